The van der Waals surface area contributed by atoms with E-state index in [-0.39, 0.29) is 0 Å². The Bertz CT molecular complexity index is 461. The standard InChI is InChI=1S/C13H22N4O4/c1-3-6-10-9-17(16-15-10)8-5-4-7-11(12(18)19)14-13(20)21-2/h9,11H,3-8H2,1-2H3,(H,14,20)(H,18,19). The highest BCUT2D eigenvalue weighted by Crippen LogP contribution is 2.05. The van der Waals surface area contributed by atoms with Crippen LogP contribution in [-0.2, 0) is 22.5 Å². The number of rotatable bonds is 9. The Morgan fingerprint density at radius 2 is 2.24 bits per heavy atom. The van der Waals surface area contributed by atoms with Gasteiger partial charge < -0.3 is 15.2 Å². The molecule has 0 aliphatic heterocycles. The number of unbranched alkanes of at least 4 members (excludes halogenated alkanes) is 1. The van der Waals surface area contributed by atoms with E-state index in [0.29, 0.717) is 19.4 Å². The number of aryl methyl sites for hydroxylation is 2. The minimum absolute atomic E-state index is 0.348. The average molecular weight is 298 g/mol. The minimum Gasteiger partial charge on any atom is -0.480 e. The number of carboxylic acid groups (broad SMARTS) is 1. The number of hydrogen-bond acceptors (Lipinski definition) is 5. The van der Waals surface area contributed by atoms with Crippen molar-refractivity contribution in [3.05, 3.63) is 11.9 Å². The van der Waals surface area contributed by atoms with Crippen LogP contribution in [0.5, 0.6) is 0 Å². The van der Waals surface area contributed by atoms with E-state index in [1.807, 2.05) is 6.20 Å². The first-order chi connectivity index (χ1) is 10.1. The van der Waals surface area contributed by atoms with Crippen LogP contribution in [0.3, 0.4) is 0 Å². The van der Waals surface area contributed by atoms with Gasteiger partial charge in [0.15, 0.2) is 0 Å². The van der Waals surface area contributed by atoms with E-state index in [9.17, 15) is 9.59 Å². The fraction of sp³-hybridized carbons (Fsp3) is 0.692. The van der Waals surface area contributed by atoms with Crippen molar-refractivity contribution in [2.24, 2.45) is 0 Å². The van der Waals surface area contributed by atoms with Crippen LogP contribution >= 0.6 is 0 Å². The fourth-order valence-corrected chi connectivity index (χ4v) is 1.90. The second-order valence-corrected chi connectivity index (χ2v) is 4.75. The molecule has 0 aliphatic rings. The highest BCUT2D eigenvalue weighted by Gasteiger charge is 2.19. The van der Waals surface area contributed by atoms with Crippen LogP contribution in [0.15, 0.2) is 6.20 Å². The predicted molar refractivity (Wildman–Crippen MR) is 74.8 cm³/mol. The van der Waals surface area contributed by atoms with Gasteiger partial charge in [0, 0.05) is 12.7 Å². The van der Waals surface area contributed by atoms with E-state index in [1.165, 1.54) is 7.11 Å². The lowest BCUT2D eigenvalue weighted by atomic mass is 10.1. The van der Waals surface area contributed by atoms with E-state index in [0.717, 1.165) is 25.0 Å². The van der Waals surface area contributed by atoms with Gasteiger partial charge in [0.25, 0.3) is 0 Å². The molecule has 118 valence electrons. The second-order valence-electron chi connectivity index (χ2n) is 4.75. The molecule has 1 heterocycles. The summed E-state index contributed by atoms with van der Waals surface area (Å²) in [5.74, 6) is -1.06. The van der Waals surface area contributed by atoms with Gasteiger partial charge in [-0.25, -0.2) is 9.59 Å². The number of aromatic nitrogens is 3. The summed E-state index contributed by atoms with van der Waals surface area (Å²) in [7, 11) is 1.20. The van der Waals surface area contributed by atoms with Gasteiger partial charge in [-0.15, -0.1) is 5.10 Å². The Labute approximate surface area is 123 Å². The number of nitrogens with one attached hydrogen (secondary N) is 1. The number of alkyl carbamates (subject to hydrolysis) is 1. The zero-order valence-electron chi connectivity index (χ0n) is 12.4. The molecule has 0 radical (unpaired) electrons. The van der Waals surface area contributed by atoms with Crippen LogP contribution in [-0.4, -0.2) is 45.3 Å². The first kappa shape index (κ1) is 16.9. The molecule has 0 saturated heterocycles. The van der Waals surface area contributed by atoms with Gasteiger partial charge in [0.2, 0.25) is 0 Å². The van der Waals surface area contributed by atoms with E-state index in [4.69, 9.17) is 5.11 Å². The molecule has 0 aromatic carbocycles. The molecule has 8 nitrogen and oxygen atoms in total. The van der Waals surface area contributed by atoms with Crippen molar-refractivity contribution in [2.75, 3.05) is 7.11 Å². The molecule has 0 fully saturated rings. The largest absolute Gasteiger partial charge is 0.480 e. The Morgan fingerprint density at radius 1 is 1.48 bits per heavy atom. The topological polar surface area (TPSA) is 106 Å². The number of amides is 1. The summed E-state index contributed by atoms with van der Waals surface area (Å²) in [6, 6.07) is -0.927. The summed E-state index contributed by atoms with van der Waals surface area (Å²) in [6.07, 6.45) is 4.88. The van der Waals surface area contributed by atoms with Crippen molar-refractivity contribution in [2.45, 2.75) is 51.6 Å². The van der Waals surface area contributed by atoms with E-state index in [2.05, 4.69) is 27.3 Å². The first-order valence-electron chi connectivity index (χ1n) is 7.03. The van der Waals surface area contributed by atoms with Gasteiger partial charge in [-0.1, -0.05) is 18.6 Å². The SMILES string of the molecule is CCCc1cn(CCCCC(NC(=O)OC)C(=O)O)nn1. The summed E-state index contributed by atoms with van der Waals surface area (Å²) in [5, 5.41) is 19.3. The van der Waals surface area contributed by atoms with Crippen LogP contribution in [0.4, 0.5) is 4.79 Å². The zero-order valence-corrected chi connectivity index (χ0v) is 12.4. The molecule has 1 unspecified atom stereocenters. The summed E-state index contributed by atoms with van der Waals surface area (Å²) in [6.45, 7) is 2.76. The number of carbonyl (C=O) groups excluding carboxylic acids is 1. The first-order valence-corrected chi connectivity index (χ1v) is 7.03. The summed E-state index contributed by atoms with van der Waals surface area (Å²) >= 11 is 0. The van der Waals surface area contributed by atoms with Crippen molar-refractivity contribution >= 4 is 12.1 Å². The molecule has 1 amide bonds. The molecule has 0 saturated carbocycles. The van der Waals surface area contributed by atoms with Gasteiger partial charge in [0.05, 0.1) is 12.8 Å². The number of ether oxygens (including phenoxy) is 1. The van der Waals surface area contributed by atoms with Crippen molar-refractivity contribution < 1.29 is 19.4 Å². The van der Waals surface area contributed by atoms with Crippen molar-refractivity contribution in [3.8, 4) is 0 Å². The van der Waals surface area contributed by atoms with E-state index < -0.39 is 18.1 Å². The fourth-order valence-electron chi connectivity index (χ4n) is 1.90. The summed E-state index contributed by atoms with van der Waals surface area (Å²) < 4.78 is 6.15. The smallest absolute Gasteiger partial charge is 0.407 e. The van der Waals surface area contributed by atoms with Gasteiger partial charge in [0.1, 0.15) is 6.04 Å². The average Bonchev–Trinajstić information content (AvgIpc) is 2.89. The Kier molecular flexibility index (Phi) is 7.20. The number of nitrogens with zero attached hydrogens (tertiary/aromatic N) is 3. The third-order valence-electron chi connectivity index (χ3n) is 3.00. The Morgan fingerprint density at radius 3 is 2.86 bits per heavy atom. The molecule has 1 atom stereocenters. The summed E-state index contributed by atoms with van der Waals surface area (Å²) in [5.41, 5.74) is 0.966. The third-order valence-corrected chi connectivity index (χ3v) is 3.00. The highest BCUT2D eigenvalue weighted by molar-refractivity contribution is 5.79. The Balaban J connectivity index is 2.30. The normalized spacial score (nSPS) is 11.9. The van der Waals surface area contributed by atoms with Crippen molar-refractivity contribution in [1.82, 2.24) is 20.3 Å². The third kappa shape index (κ3) is 6.24. The van der Waals surface area contributed by atoms with Gasteiger partial charge >= 0.3 is 12.1 Å². The van der Waals surface area contributed by atoms with Crippen LogP contribution in [0, 0.1) is 0 Å². The minimum atomic E-state index is -1.06. The molecule has 1 aromatic rings. The molecule has 0 bridgehead atoms. The van der Waals surface area contributed by atoms with Crippen LogP contribution in [0.1, 0.15) is 38.3 Å². The second kappa shape index (κ2) is 8.93. The van der Waals surface area contributed by atoms with Crippen LogP contribution < -0.4 is 5.32 Å². The molecule has 1 aromatic heterocycles. The molecule has 0 spiro atoms. The zero-order chi connectivity index (χ0) is 15.7. The molecule has 1 rings (SSSR count). The predicted octanol–water partition coefficient (Wildman–Crippen LogP) is 1.21. The maximum absolute atomic E-state index is 11.0. The molecule has 8 heteroatoms. The molecular formula is C13H22N4O4. The van der Waals surface area contributed by atoms with Crippen molar-refractivity contribution in [1.29, 1.82) is 0 Å². The lowest BCUT2D eigenvalue weighted by Crippen LogP contribution is -2.40. The van der Waals surface area contributed by atoms with Gasteiger partial charge in [-0.3, -0.25) is 4.68 Å². The van der Waals surface area contributed by atoms with Gasteiger partial charge in [-0.2, -0.15) is 0 Å². The molecule has 0 aliphatic carbocycles. The Hall–Kier alpha value is -2.12. The number of hydrogen-bond donors (Lipinski definition) is 2. The highest BCUT2D eigenvalue weighted by atomic mass is 16.5. The number of carboxylic acids is 1. The number of aliphatic carboxylic acids is 1. The van der Waals surface area contributed by atoms with Crippen LogP contribution in [0.2, 0.25) is 0 Å². The quantitative estimate of drug-likeness (QED) is 0.664. The maximum atomic E-state index is 11.0. The van der Waals surface area contributed by atoms with E-state index in [1.54, 1.807) is 4.68 Å². The lowest BCUT2D eigenvalue weighted by molar-refractivity contribution is -0.139. The molecular weight excluding hydrogens is 276 g/mol. The van der Waals surface area contributed by atoms with Gasteiger partial charge in [-0.05, 0) is 25.7 Å². The van der Waals surface area contributed by atoms with Crippen LogP contribution in [0.25, 0.3) is 0 Å². The van der Waals surface area contributed by atoms with Crippen molar-refractivity contribution in [3.63, 3.8) is 0 Å². The lowest BCUT2D eigenvalue weighted by Gasteiger charge is -2.13. The molecule has 21 heavy (non-hydrogen) atoms. The number of methoxy groups -OCH3 is 1. The monoisotopic (exact) mass is 298 g/mol. The molecule has 2 N–H and O–H groups in total. The maximum Gasteiger partial charge on any atom is 0.407 e. The summed E-state index contributed by atoms with van der Waals surface area (Å²) in [4.78, 5) is 22.0. The number of carbonyl (C=O) groups is 2. The van der Waals surface area contributed by atoms with E-state index >= 15 is 0 Å².